The molecule has 2 saturated carbocycles. The lowest BCUT2D eigenvalue weighted by Gasteiger charge is -2.22. The Morgan fingerprint density at radius 3 is 2.38 bits per heavy atom. The van der Waals surface area contributed by atoms with Gasteiger partial charge in [0.2, 0.25) is 0 Å². The fraction of sp³-hybridized carbons (Fsp3) is 1.00. The molecule has 0 aromatic rings. The topological polar surface area (TPSA) is 43.1 Å². The summed E-state index contributed by atoms with van der Waals surface area (Å²) >= 11 is 0. The maximum atomic E-state index is 12.1. The molecule has 2 nitrogen and oxygen atoms in total. The van der Waals surface area contributed by atoms with Crippen LogP contribution in [0.1, 0.15) is 57.8 Å². The van der Waals surface area contributed by atoms with Crippen molar-refractivity contribution in [2.24, 2.45) is 11.7 Å². The average Bonchev–Trinajstić information content (AvgIpc) is 2.73. The summed E-state index contributed by atoms with van der Waals surface area (Å²) in [6.07, 6.45) is 11.2. The Bertz CT molecular complexity index is 238. The molecule has 2 aliphatic rings. The molecule has 2 aliphatic carbocycles. The summed E-state index contributed by atoms with van der Waals surface area (Å²) in [5, 5.41) is 0.506. The van der Waals surface area contributed by atoms with Gasteiger partial charge in [-0.15, -0.1) is 0 Å². The van der Waals surface area contributed by atoms with E-state index in [1.54, 1.807) is 0 Å². The molecular formula is C13H25NOS. The second-order valence-corrected chi connectivity index (χ2v) is 7.32. The lowest BCUT2D eigenvalue weighted by Crippen LogP contribution is -2.27. The number of rotatable bonds is 4. The van der Waals surface area contributed by atoms with E-state index in [-0.39, 0.29) is 0 Å². The molecule has 0 aromatic carbocycles. The highest BCUT2D eigenvalue weighted by molar-refractivity contribution is 7.85. The zero-order chi connectivity index (χ0) is 11.4. The predicted octanol–water partition coefficient (Wildman–Crippen LogP) is 2.59. The van der Waals surface area contributed by atoms with Crippen molar-refractivity contribution in [2.75, 3.05) is 5.75 Å². The zero-order valence-corrected chi connectivity index (χ0v) is 11.0. The molecular weight excluding hydrogens is 218 g/mol. The van der Waals surface area contributed by atoms with Gasteiger partial charge in [0.1, 0.15) is 0 Å². The first-order valence-corrected chi connectivity index (χ1v) is 8.28. The summed E-state index contributed by atoms with van der Waals surface area (Å²) in [5.74, 6) is 1.57. The Morgan fingerprint density at radius 1 is 1.00 bits per heavy atom. The molecule has 0 spiro atoms. The third kappa shape index (κ3) is 3.30. The predicted molar refractivity (Wildman–Crippen MR) is 69.8 cm³/mol. The molecule has 0 aliphatic heterocycles. The van der Waals surface area contributed by atoms with Crippen molar-refractivity contribution < 1.29 is 4.21 Å². The smallest absolute Gasteiger partial charge is 0.0348 e. The van der Waals surface area contributed by atoms with Gasteiger partial charge in [-0.1, -0.05) is 25.7 Å². The van der Waals surface area contributed by atoms with Crippen molar-refractivity contribution in [2.45, 2.75) is 69.1 Å². The zero-order valence-electron chi connectivity index (χ0n) is 10.2. The molecule has 0 bridgehead atoms. The Hall–Kier alpha value is 0.110. The summed E-state index contributed by atoms with van der Waals surface area (Å²) in [5.41, 5.74) is 6.04. The number of hydrogen-bond acceptors (Lipinski definition) is 2. The summed E-state index contributed by atoms with van der Waals surface area (Å²) in [6, 6.07) is 0.392. The van der Waals surface area contributed by atoms with Crippen LogP contribution in [0.4, 0.5) is 0 Å². The van der Waals surface area contributed by atoms with Crippen molar-refractivity contribution in [3.63, 3.8) is 0 Å². The molecule has 0 aromatic heterocycles. The van der Waals surface area contributed by atoms with Gasteiger partial charge in [-0.05, 0) is 38.0 Å². The van der Waals surface area contributed by atoms with E-state index in [1.807, 2.05) is 0 Å². The highest BCUT2D eigenvalue weighted by Crippen LogP contribution is 2.28. The van der Waals surface area contributed by atoms with Gasteiger partial charge >= 0.3 is 0 Å². The van der Waals surface area contributed by atoms with E-state index in [1.165, 1.54) is 51.4 Å². The highest BCUT2D eigenvalue weighted by Gasteiger charge is 2.26. The molecule has 3 atom stereocenters. The van der Waals surface area contributed by atoms with Crippen molar-refractivity contribution >= 4 is 10.8 Å². The monoisotopic (exact) mass is 243 g/mol. The standard InChI is InChI=1S/C13H25NOS/c14-13-8-4-5-11(13)9-10-16(15)12-6-2-1-3-7-12/h11-13H,1-10,14H2. The molecule has 0 heterocycles. The minimum absolute atomic E-state index is 0.392. The number of hydrogen-bond donors (Lipinski definition) is 1. The van der Waals surface area contributed by atoms with Crippen LogP contribution in [0.15, 0.2) is 0 Å². The van der Waals surface area contributed by atoms with Crippen molar-refractivity contribution in [3.05, 3.63) is 0 Å². The number of nitrogens with two attached hydrogens (primary N) is 1. The molecule has 2 fully saturated rings. The van der Waals surface area contributed by atoms with Crippen molar-refractivity contribution in [1.82, 2.24) is 0 Å². The Morgan fingerprint density at radius 2 is 1.75 bits per heavy atom. The molecule has 0 amide bonds. The molecule has 94 valence electrons. The molecule has 2 N–H and O–H groups in total. The van der Waals surface area contributed by atoms with E-state index in [2.05, 4.69) is 0 Å². The minimum atomic E-state index is -0.573. The van der Waals surface area contributed by atoms with E-state index in [0.717, 1.165) is 12.2 Å². The third-order valence-corrected chi connectivity index (χ3v) is 6.18. The largest absolute Gasteiger partial charge is 0.327 e. The van der Waals surface area contributed by atoms with Crippen LogP contribution in [-0.2, 0) is 10.8 Å². The SMILES string of the molecule is NC1CCCC1CCS(=O)C1CCCCC1. The van der Waals surface area contributed by atoms with E-state index in [0.29, 0.717) is 17.2 Å². The molecule has 3 unspecified atom stereocenters. The summed E-state index contributed by atoms with van der Waals surface area (Å²) in [7, 11) is -0.573. The van der Waals surface area contributed by atoms with Crippen LogP contribution >= 0.6 is 0 Å². The van der Waals surface area contributed by atoms with E-state index < -0.39 is 10.8 Å². The molecule has 0 radical (unpaired) electrons. The Kier molecular flexibility index (Phi) is 4.83. The van der Waals surface area contributed by atoms with Crippen molar-refractivity contribution in [3.8, 4) is 0 Å². The molecule has 3 heteroatoms. The van der Waals surface area contributed by atoms with Gasteiger partial charge in [-0.25, -0.2) is 0 Å². The fourth-order valence-corrected chi connectivity index (χ4v) is 4.91. The normalized spacial score (nSPS) is 34.1. The van der Waals surface area contributed by atoms with Gasteiger partial charge in [0, 0.05) is 27.8 Å². The highest BCUT2D eigenvalue weighted by atomic mass is 32.2. The van der Waals surface area contributed by atoms with Crippen LogP contribution in [0.5, 0.6) is 0 Å². The van der Waals surface area contributed by atoms with Crippen LogP contribution in [0, 0.1) is 5.92 Å². The van der Waals surface area contributed by atoms with Gasteiger partial charge in [-0.2, -0.15) is 0 Å². The first kappa shape index (κ1) is 12.6. The summed E-state index contributed by atoms with van der Waals surface area (Å²) < 4.78 is 12.1. The van der Waals surface area contributed by atoms with Crippen molar-refractivity contribution in [1.29, 1.82) is 0 Å². The molecule has 2 rings (SSSR count). The first-order chi connectivity index (χ1) is 7.77. The van der Waals surface area contributed by atoms with Crippen LogP contribution in [0.2, 0.25) is 0 Å². The maximum Gasteiger partial charge on any atom is 0.0348 e. The van der Waals surface area contributed by atoms with E-state index in [9.17, 15) is 4.21 Å². The fourth-order valence-electron chi connectivity index (χ4n) is 3.19. The van der Waals surface area contributed by atoms with Crippen LogP contribution in [0.3, 0.4) is 0 Å². The first-order valence-electron chi connectivity index (χ1n) is 6.90. The third-order valence-electron chi connectivity index (χ3n) is 4.33. The van der Waals surface area contributed by atoms with Gasteiger partial charge in [0.15, 0.2) is 0 Å². The Balaban J connectivity index is 1.70. The van der Waals surface area contributed by atoms with Crippen LogP contribution < -0.4 is 5.73 Å². The minimum Gasteiger partial charge on any atom is -0.327 e. The van der Waals surface area contributed by atoms with Gasteiger partial charge in [0.05, 0.1) is 0 Å². The van der Waals surface area contributed by atoms with E-state index in [4.69, 9.17) is 5.73 Å². The lowest BCUT2D eigenvalue weighted by atomic mass is 10.0. The quantitative estimate of drug-likeness (QED) is 0.824. The van der Waals surface area contributed by atoms with E-state index >= 15 is 0 Å². The molecule has 16 heavy (non-hydrogen) atoms. The second-order valence-electron chi connectivity index (χ2n) is 5.49. The molecule has 0 saturated heterocycles. The Labute approximate surface area is 102 Å². The average molecular weight is 243 g/mol. The van der Waals surface area contributed by atoms with Gasteiger partial charge in [0.25, 0.3) is 0 Å². The lowest BCUT2D eigenvalue weighted by molar-refractivity contribution is 0.464. The van der Waals surface area contributed by atoms with Crippen LogP contribution in [-0.4, -0.2) is 21.3 Å². The maximum absolute atomic E-state index is 12.1. The van der Waals surface area contributed by atoms with Crippen LogP contribution in [0.25, 0.3) is 0 Å². The van der Waals surface area contributed by atoms with Gasteiger partial charge < -0.3 is 5.73 Å². The second kappa shape index (κ2) is 6.15. The summed E-state index contributed by atoms with van der Waals surface area (Å²) in [4.78, 5) is 0. The summed E-state index contributed by atoms with van der Waals surface area (Å²) in [6.45, 7) is 0. The van der Waals surface area contributed by atoms with Gasteiger partial charge in [-0.3, -0.25) is 4.21 Å².